The van der Waals surface area contributed by atoms with Gasteiger partial charge in [-0.2, -0.15) is 0 Å². The van der Waals surface area contributed by atoms with E-state index in [1.165, 1.54) is 35.5 Å². The first-order valence-electron chi connectivity index (χ1n) is 10.5. The molecule has 1 saturated heterocycles. The second-order valence-corrected chi connectivity index (χ2v) is 10.3. The molecule has 7 nitrogen and oxygen atoms in total. The maximum atomic E-state index is 13.5. The minimum Gasteiger partial charge on any atom is -0.339 e. The topological polar surface area (TPSA) is 78.0 Å². The first kappa shape index (κ1) is 24.1. The number of piperazine rings is 1. The maximum Gasteiger partial charge on any atom is 0.264 e. The van der Waals surface area contributed by atoms with Crippen molar-refractivity contribution < 1.29 is 18.0 Å². The van der Waals surface area contributed by atoms with Crippen molar-refractivity contribution in [3.8, 4) is 0 Å². The lowest BCUT2D eigenvalue weighted by Gasteiger charge is -2.34. The molecular weight excluding hydrogens is 450 g/mol. The number of hydrogen-bond donors (Lipinski definition) is 0. The number of nitrogens with zero attached hydrogens (tertiary/aromatic N) is 3. The van der Waals surface area contributed by atoms with Crippen LogP contribution in [0.4, 0.5) is 5.69 Å². The quantitative estimate of drug-likeness (QED) is 0.640. The van der Waals surface area contributed by atoms with E-state index in [4.69, 9.17) is 11.6 Å². The van der Waals surface area contributed by atoms with Crippen LogP contribution in [0.15, 0.2) is 47.4 Å². The predicted octanol–water partition coefficient (Wildman–Crippen LogP) is 3.23. The van der Waals surface area contributed by atoms with Gasteiger partial charge in [-0.25, -0.2) is 8.42 Å². The fraction of sp³-hybridized carbons (Fsp3) is 0.391. The Bertz CT molecular complexity index is 1070. The van der Waals surface area contributed by atoms with Crippen LogP contribution in [-0.2, 0) is 19.6 Å². The van der Waals surface area contributed by atoms with Crippen LogP contribution >= 0.6 is 11.6 Å². The van der Waals surface area contributed by atoms with Gasteiger partial charge in [0.15, 0.2) is 0 Å². The Morgan fingerprint density at radius 3 is 2.00 bits per heavy atom. The van der Waals surface area contributed by atoms with Crippen LogP contribution < -0.4 is 4.31 Å². The lowest BCUT2D eigenvalue weighted by atomic mass is 10.1. The molecule has 0 N–H and O–H groups in total. The third kappa shape index (κ3) is 5.61. The van der Waals surface area contributed by atoms with Crippen molar-refractivity contribution in [2.24, 2.45) is 0 Å². The van der Waals surface area contributed by atoms with E-state index < -0.39 is 10.0 Å². The van der Waals surface area contributed by atoms with Gasteiger partial charge in [0.25, 0.3) is 10.0 Å². The van der Waals surface area contributed by atoms with E-state index in [-0.39, 0.29) is 29.7 Å². The van der Waals surface area contributed by atoms with Gasteiger partial charge in [-0.05, 0) is 61.4 Å². The van der Waals surface area contributed by atoms with Crippen LogP contribution in [0.2, 0.25) is 5.02 Å². The van der Waals surface area contributed by atoms with E-state index >= 15 is 0 Å². The van der Waals surface area contributed by atoms with E-state index in [1.54, 1.807) is 21.9 Å². The molecule has 0 aromatic heterocycles. The van der Waals surface area contributed by atoms with E-state index in [0.29, 0.717) is 36.9 Å². The van der Waals surface area contributed by atoms with E-state index in [9.17, 15) is 18.0 Å². The minimum absolute atomic E-state index is 0.00727. The number of halogens is 1. The average molecular weight is 478 g/mol. The minimum atomic E-state index is -3.90. The van der Waals surface area contributed by atoms with E-state index in [2.05, 4.69) is 0 Å². The van der Waals surface area contributed by atoms with Crippen LogP contribution in [0.25, 0.3) is 0 Å². The zero-order chi connectivity index (χ0) is 23.5. The molecule has 3 rings (SSSR count). The molecule has 0 atom stereocenters. The molecular formula is C23H28ClN3O4S. The molecule has 0 aliphatic carbocycles. The first-order chi connectivity index (χ1) is 15.1. The van der Waals surface area contributed by atoms with Crippen LogP contribution in [0.3, 0.4) is 0 Å². The van der Waals surface area contributed by atoms with Crippen molar-refractivity contribution in [1.29, 1.82) is 0 Å². The molecule has 1 aliphatic heterocycles. The molecule has 1 fully saturated rings. The molecule has 172 valence electrons. The monoisotopic (exact) mass is 477 g/mol. The highest BCUT2D eigenvalue weighted by molar-refractivity contribution is 7.92. The van der Waals surface area contributed by atoms with Crippen molar-refractivity contribution in [3.63, 3.8) is 0 Å². The van der Waals surface area contributed by atoms with Crippen molar-refractivity contribution in [3.05, 3.63) is 58.6 Å². The van der Waals surface area contributed by atoms with Gasteiger partial charge >= 0.3 is 0 Å². The second-order valence-electron chi connectivity index (χ2n) is 8.01. The summed E-state index contributed by atoms with van der Waals surface area (Å²) in [5, 5.41) is 0.446. The fourth-order valence-electron chi connectivity index (χ4n) is 3.84. The highest BCUT2D eigenvalue weighted by Gasteiger charge is 2.28. The van der Waals surface area contributed by atoms with Gasteiger partial charge in [-0.3, -0.25) is 13.9 Å². The van der Waals surface area contributed by atoms with Gasteiger partial charge in [0.2, 0.25) is 11.8 Å². The molecule has 0 spiro atoms. The Hall–Kier alpha value is -2.58. The van der Waals surface area contributed by atoms with E-state index in [1.807, 2.05) is 19.9 Å². The highest BCUT2D eigenvalue weighted by atomic mass is 35.5. The zero-order valence-electron chi connectivity index (χ0n) is 18.5. The third-order valence-electron chi connectivity index (χ3n) is 5.50. The Morgan fingerprint density at radius 1 is 0.938 bits per heavy atom. The molecule has 32 heavy (non-hydrogen) atoms. The first-order valence-corrected chi connectivity index (χ1v) is 12.3. The maximum absolute atomic E-state index is 13.5. The summed E-state index contributed by atoms with van der Waals surface area (Å²) in [5.74, 6) is -0.138. The number of aryl methyl sites for hydroxylation is 2. The van der Waals surface area contributed by atoms with Crippen molar-refractivity contribution in [2.75, 3.05) is 37.0 Å². The smallest absolute Gasteiger partial charge is 0.264 e. The second kappa shape index (κ2) is 9.92. The number of rotatable bonds is 6. The Labute approximate surface area is 194 Å². The summed E-state index contributed by atoms with van der Waals surface area (Å²) in [6.45, 7) is 7.22. The summed E-state index contributed by atoms with van der Waals surface area (Å²) in [6.07, 6.45) is 0.0415. The number of carbonyl (C=O) groups excluding carboxylic acids is 2. The van der Waals surface area contributed by atoms with Crippen molar-refractivity contribution in [2.45, 2.75) is 32.1 Å². The summed E-state index contributed by atoms with van der Waals surface area (Å²) in [5.41, 5.74) is 2.39. The molecule has 0 bridgehead atoms. The van der Waals surface area contributed by atoms with Crippen LogP contribution in [0.1, 0.15) is 24.5 Å². The molecule has 0 radical (unpaired) electrons. The number of amides is 2. The molecule has 9 heteroatoms. The van der Waals surface area contributed by atoms with Gasteiger partial charge in [-0.1, -0.05) is 17.7 Å². The predicted molar refractivity (Wildman–Crippen MR) is 125 cm³/mol. The SMILES string of the molecule is CC(=O)N1CCN(C(=O)CCN(c2cc(C)cc(C)c2)S(=O)(=O)c2ccc(Cl)cc2)CC1. The normalized spacial score (nSPS) is 14.4. The van der Waals surface area contributed by atoms with Crippen LogP contribution in [-0.4, -0.2) is 62.8 Å². The number of hydrogen-bond acceptors (Lipinski definition) is 4. The lowest BCUT2D eigenvalue weighted by molar-refractivity contribution is -0.138. The Morgan fingerprint density at radius 2 is 1.47 bits per heavy atom. The fourth-order valence-corrected chi connectivity index (χ4v) is 5.42. The molecule has 2 aromatic rings. The number of anilines is 1. The number of benzene rings is 2. The van der Waals surface area contributed by atoms with E-state index in [0.717, 1.165) is 11.1 Å². The molecule has 2 aromatic carbocycles. The molecule has 0 unspecified atom stereocenters. The third-order valence-corrected chi connectivity index (χ3v) is 7.60. The van der Waals surface area contributed by atoms with Crippen LogP contribution in [0.5, 0.6) is 0 Å². The summed E-state index contributed by atoms with van der Waals surface area (Å²) >= 11 is 5.94. The summed E-state index contributed by atoms with van der Waals surface area (Å²) < 4.78 is 28.3. The Balaban J connectivity index is 1.83. The van der Waals surface area contributed by atoms with Gasteiger partial charge < -0.3 is 9.80 Å². The van der Waals surface area contributed by atoms with Crippen molar-refractivity contribution in [1.82, 2.24) is 9.80 Å². The summed E-state index contributed by atoms with van der Waals surface area (Å²) in [7, 11) is -3.90. The molecule has 1 heterocycles. The molecule has 2 amide bonds. The van der Waals surface area contributed by atoms with Gasteiger partial charge in [-0.15, -0.1) is 0 Å². The van der Waals surface area contributed by atoms with Gasteiger partial charge in [0.1, 0.15) is 0 Å². The average Bonchev–Trinajstić information content (AvgIpc) is 2.73. The standard InChI is InChI=1S/C23H28ClN3O4S/c1-17-14-18(2)16-21(15-17)27(32(30,31)22-6-4-20(24)5-7-22)9-8-23(29)26-12-10-25(11-13-26)19(3)28/h4-7,14-16H,8-13H2,1-3H3. The van der Waals surface area contributed by atoms with Gasteiger partial charge in [0.05, 0.1) is 10.6 Å². The Kier molecular flexibility index (Phi) is 7.46. The number of carbonyl (C=O) groups is 2. The summed E-state index contributed by atoms with van der Waals surface area (Å²) in [6, 6.07) is 11.6. The largest absolute Gasteiger partial charge is 0.339 e. The van der Waals surface area contributed by atoms with Gasteiger partial charge in [0, 0.05) is 51.1 Å². The molecule has 1 aliphatic rings. The van der Waals surface area contributed by atoms with Crippen LogP contribution in [0, 0.1) is 13.8 Å². The lowest BCUT2D eigenvalue weighted by Crippen LogP contribution is -2.50. The molecule has 0 saturated carbocycles. The number of sulfonamides is 1. The highest BCUT2D eigenvalue weighted by Crippen LogP contribution is 2.27. The van der Waals surface area contributed by atoms with Crippen molar-refractivity contribution >= 4 is 39.1 Å². The summed E-state index contributed by atoms with van der Waals surface area (Å²) in [4.78, 5) is 27.9. The zero-order valence-corrected chi connectivity index (χ0v) is 20.1.